The van der Waals surface area contributed by atoms with E-state index >= 15 is 0 Å². The fraction of sp³-hybridized carbons (Fsp3) is 0.222. The number of nitriles is 1. The van der Waals surface area contributed by atoms with E-state index in [1.54, 1.807) is 24.3 Å². The van der Waals surface area contributed by atoms with Crippen molar-refractivity contribution in [3.63, 3.8) is 0 Å². The number of halogens is 1. The van der Waals surface area contributed by atoms with Crippen LogP contribution in [0.1, 0.15) is 30.9 Å². The van der Waals surface area contributed by atoms with Crippen molar-refractivity contribution in [2.24, 2.45) is 0 Å². The number of para-hydroxylation sites is 1. The summed E-state index contributed by atoms with van der Waals surface area (Å²) in [5.74, 6) is 0.669. The summed E-state index contributed by atoms with van der Waals surface area (Å²) >= 11 is 3.44. The minimum atomic E-state index is -0.301. The van der Waals surface area contributed by atoms with Gasteiger partial charge in [0.25, 0.3) is 5.91 Å². The molecule has 23 heavy (non-hydrogen) atoms. The van der Waals surface area contributed by atoms with Crippen molar-refractivity contribution in [2.45, 2.75) is 19.8 Å². The molecule has 0 aliphatic rings. The number of anilines is 1. The number of carbonyl (C=O) groups is 1. The first kappa shape index (κ1) is 17.0. The Hall–Kier alpha value is -2.32. The summed E-state index contributed by atoms with van der Waals surface area (Å²) in [6, 6.07) is 14.6. The molecule has 0 saturated carbocycles. The van der Waals surface area contributed by atoms with Gasteiger partial charge in [0.2, 0.25) is 0 Å². The highest BCUT2D eigenvalue weighted by Gasteiger charge is 2.11. The lowest BCUT2D eigenvalue weighted by Gasteiger charge is -2.14. The third-order valence-electron chi connectivity index (χ3n) is 3.27. The van der Waals surface area contributed by atoms with Crippen LogP contribution in [0.3, 0.4) is 0 Å². The van der Waals surface area contributed by atoms with E-state index < -0.39 is 0 Å². The summed E-state index contributed by atoms with van der Waals surface area (Å²) in [5, 5.41) is 11.7. The van der Waals surface area contributed by atoms with Crippen molar-refractivity contribution < 1.29 is 9.53 Å². The van der Waals surface area contributed by atoms with Gasteiger partial charge in [0.1, 0.15) is 11.8 Å². The Morgan fingerprint density at radius 2 is 2.04 bits per heavy atom. The minimum absolute atomic E-state index is 0.110. The van der Waals surface area contributed by atoms with Crippen LogP contribution in [-0.2, 0) is 4.79 Å². The van der Waals surface area contributed by atoms with Gasteiger partial charge in [-0.2, -0.15) is 5.26 Å². The topological polar surface area (TPSA) is 62.1 Å². The van der Waals surface area contributed by atoms with Gasteiger partial charge in [-0.05, 0) is 41.8 Å². The van der Waals surface area contributed by atoms with E-state index in [9.17, 15) is 4.79 Å². The summed E-state index contributed by atoms with van der Waals surface area (Å²) in [7, 11) is 0. The van der Waals surface area contributed by atoms with E-state index in [0.29, 0.717) is 17.0 Å². The van der Waals surface area contributed by atoms with Crippen molar-refractivity contribution in [3.8, 4) is 11.8 Å². The quantitative estimate of drug-likeness (QED) is 0.842. The Balaban J connectivity index is 2.04. The van der Waals surface area contributed by atoms with Gasteiger partial charge in [0.05, 0.1) is 11.3 Å². The number of rotatable bonds is 5. The van der Waals surface area contributed by atoms with Gasteiger partial charge in [-0.15, -0.1) is 0 Å². The Labute approximate surface area is 144 Å². The molecule has 0 aliphatic carbocycles. The second kappa shape index (κ2) is 7.80. The molecule has 0 aromatic heterocycles. The molecule has 1 amide bonds. The number of hydrogen-bond donors (Lipinski definition) is 1. The van der Waals surface area contributed by atoms with Crippen molar-refractivity contribution in [1.82, 2.24) is 0 Å². The largest absolute Gasteiger partial charge is 0.483 e. The molecule has 2 rings (SSSR count). The summed E-state index contributed by atoms with van der Waals surface area (Å²) in [6.45, 7) is 4.02. The predicted molar refractivity (Wildman–Crippen MR) is 93.5 cm³/mol. The van der Waals surface area contributed by atoms with Crippen LogP contribution < -0.4 is 10.1 Å². The molecule has 0 spiro atoms. The third kappa shape index (κ3) is 4.57. The van der Waals surface area contributed by atoms with Crippen molar-refractivity contribution in [3.05, 3.63) is 58.1 Å². The number of amides is 1. The van der Waals surface area contributed by atoms with Crippen LogP contribution in [0.15, 0.2) is 46.9 Å². The molecule has 0 heterocycles. The lowest BCUT2D eigenvalue weighted by Crippen LogP contribution is -2.21. The molecule has 0 fully saturated rings. The summed E-state index contributed by atoms with van der Waals surface area (Å²) in [6.07, 6.45) is 0. The van der Waals surface area contributed by atoms with Crippen LogP contribution in [0.2, 0.25) is 0 Å². The third-order valence-corrected chi connectivity index (χ3v) is 3.77. The zero-order valence-corrected chi connectivity index (χ0v) is 14.6. The lowest BCUT2D eigenvalue weighted by atomic mass is 10.0. The molecule has 2 aromatic rings. The van der Waals surface area contributed by atoms with Crippen LogP contribution in [0, 0.1) is 11.3 Å². The highest BCUT2D eigenvalue weighted by Crippen LogP contribution is 2.29. The van der Waals surface area contributed by atoms with Crippen LogP contribution in [0.25, 0.3) is 0 Å². The van der Waals surface area contributed by atoms with Crippen molar-refractivity contribution in [1.29, 1.82) is 5.26 Å². The number of hydrogen-bond acceptors (Lipinski definition) is 3. The monoisotopic (exact) mass is 372 g/mol. The van der Waals surface area contributed by atoms with E-state index in [1.807, 2.05) is 24.3 Å². The van der Waals surface area contributed by atoms with Crippen LogP contribution in [-0.4, -0.2) is 12.5 Å². The first-order chi connectivity index (χ1) is 11.0. The second-order valence-corrected chi connectivity index (χ2v) is 6.25. The molecule has 118 valence electrons. The standard InChI is InChI=1S/C18H17BrN2O2/c1-12(2)15-9-14(19)7-8-17(15)23-11-18(22)21-16-6-4-3-5-13(16)10-20/h3-9,12H,11H2,1-2H3,(H,21,22). The zero-order valence-electron chi connectivity index (χ0n) is 13.0. The van der Waals surface area contributed by atoms with E-state index in [0.717, 1.165) is 10.0 Å². The number of nitrogens with one attached hydrogen (secondary N) is 1. The molecule has 0 bridgehead atoms. The Kier molecular flexibility index (Phi) is 5.78. The maximum Gasteiger partial charge on any atom is 0.262 e. The average Bonchev–Trinajstić information content (AvgIpc) is 2.54. The predicted octanol–water partition coefficient (Wildman–Crippen LogP) is 4.46. The maximum atomic E-state index is 12.0. The highest BCUT2D eigenvalue weighted by atomic mass is 79.9. The van der Waals surface area contributed by atoms with E-state index in [4.69, 9.17) is 10.00 Å². The van der Waals surface area contributed by atoms with Crippen LogP contribution in [0.4, 0.5) is 5.69 Å². The van der Waals surface area contributed by atoms with Gasteiger partial charge in [-0.1, -0.05) is 41.9 Å². The maximum absolute atomic E-state index is 12.0. The fourth-order valence-corrected chi connectivity index (χ4v) is 2.50. The Bertz CT molecular complexity index is 751. The van der Waals surface area contributed by atoms with Gasteiger partial charge in [0.15, 0.2) is 6.61 Å². The Morgan fingerprint density at radius 3 is 2.74 bits per heavy atom. The van der Waals surface area contributed by atoms with Crippen LogP contribution >= 0.6 is 15.9 Å². The molecule has 1 N–H and O–H groups in total. The van der Waals surface area contributed by atoms with Crippen molar-refractivity contribution in [2.75, 3.05) is 11.9 Å². The van der Waals surface area contributed by atoms with Gasteiger partial charge >= 0.3 is 0 Å². The molecule has 2 aromatic carbocycles. The van der Waals surface area contributed by atoms with E-state index in [2.05, 4.69) is 35.1 Å². The molecule has 5 heteroatoms. The zero-order chi connectivity index (χ0) is 16.8. The molecule has 0 saturated heterocycles. The van der Waals surface area contributed by atoms with E-state index in [1.165, 1.54) is 0 Å². The molecule has 0 atom stereocenters. The summed E-state index contributed by atoms with van der Waals surface area (Å²) < 4.78 is 6.62. The minimum Gasteiger partial charge on any atom is -0.483 e. The smallest absolute Gasteiger partial charge is 0.262 e. The summed E-state index contributed by atoms with van der Waals surface area (Å²) in [4.78, 5) is 12.0. The van der Waals surface area contributed by atoms with Crippen molar-refractivity contribution >= 4 is 27.5 Å². The molecule has 0 radical (unpaired) electrons. The fourth-order valence-electron chi connectivity index (χ4n) is 2.12. The second-order valence-electron chi connectivity index (χ2n) is 5.33. The average molecular weight is 373 g/mol. The van der Waals surface area contributed by atoms with Gasteiger partial charge in [-0.25, -0.2) is 0 Å². The molecule has 0 aliphatic heterocycles. The van der Waals surface area contributed by atoms with Gasteiger partial charge < -0.3 is 10.1 Å². The molecular weight excluding hydrogens is 356 g/mol. The van der Waals surface area contributed by atoms with E-state index in [-0.39, 0.29) is 18.4 Å². The first-order valence-corrected chi connectivity index (χ1v) is 8.01. The van der Waals surface area contributed by atoms with Gasteiger partial charge in [0, 0.05) is 4.47 Å². The number of ether oxygens (including phenoxy) is 1. The number of carbonyl (C=O) groups excluding carboxylic acids is 1. The summed E-state index contributed by atoms with van der Waals surface area (Å²) in [5.41, 5.74) is 1.94. The molecule has 0 unspecified atom stereocenters. The Morgan fingerprint density at radius 1 is 1.30 bits per heavy atom. The van der Waals surface area contributed by atoms with Crippen LogP contribution in [0.5, 0.6) is 5.75 Å². The van der Waals surface area contributed by atoms with Gasteiger partial charge in [-0.3, -0.25) is 4.79 Å². The molecule has 4 nitrogen and oxygen atoms in total. The normalized spacial score (nSPS) is 10.2. The SMILES string of the molecule is CC(C)c1cc(Br)ccc1OCC(=O)Nc1ccccc1C#N. The number of nitrogens with zero attached hydrogens (tertiary/aromatic N) is 1. The first-order valence-electron chi connectivity index (χ1n) is 7.22. The molecular formula is C18H17BrN2O2. The number of benzene rings is 2. The highest BCUT2D eigenvalue weighted by molar-refractivity contribution is 9.10. The lowest BCUT2D eigenvalue weighted by molar-refractivity contribution is -0.118.